The summed E-state index contributed by atoms with van der Waals surface area (Å²) in [6, 6.07) is 0.197. The van der Waals surface area contributed by atoms with Crippen molar-refractivity contribution in [2.75, 3.05) is 19.7 Å². The molecule has 0 bridgehead atoms. The fourth-order valence-electron chi connectivity index (χ4n) is 2.31. The molecular formula is C16H25N3O4. The van der Waals surface area contributed by atoms with Crippen molar-refractivity contribution >= 4 is 11.9 Å². The molecule has 2 rings (SSSR count). The Balaban J connectivity index is 1.87. The SMILES string of the molecule is CCOC(=O)c1cnn(C2CCN(OC(=O)C(C)(C)C)CC2)c1. The predicted molar refractivity (Wildman–Crippen MR) is 83.6 cm³/mol. The van der Waals surface area contributed by atoms with Crippen molar-refractivity contribution in [2.45, 2.75) is 46.6 Å². The van der Waals surface area contributed by atoms with Gasteiger partial charge in [-0.3, -0.25) is 4.68 Å². The molecule has 0 amide bonds. The lowest BCUT2D eigenvalue weighted by Gasteiger charge is -2.32. The maximum absolute atomic E-state index is 11.9. The van der Waals surface area contributed by atoms with E-state index in [9.17, 15) is 9.59 Å². The number of esters is 1. The van der Waals surface area contributed by atoms with Gasteiger partial charge in [-0.05, 0) is 40.5 Å². The van der Waals surface area contributed by atoms with Crippen LogP contribution < -0.4 is 0 Å². The summed E-state index contributed by atoms with van der Waals surface area (Å²) in [5.41, 5.74) is -0.0404. The second-order valence-corrected chi connectivity index (χ2v) is 6.72. The molecule has 1 saturated heterocycles. The van der Waals surface area contributed by atoms with Gasteiger partial charge in [-0.1, -0.05) is 0 Å². The van der Waals surface area contributed by atoms with Crippen molar-refractivity contribution in [1.29, 1.82) is 0 Å². The maximum Gasteiger partial charge on any atom is 0.341 e. The van der Waals surface area contributed by atoms with Crippen molar-refractivity contribution in [3.8, 4) is 0 Å². The van der Waals surface area contributed by atoms with Crippen molar-refractivity contribution in [3.05, 3.63) is 18.0 Å². The summed E-state index contributed by atoms with van der Waals surface area (Å²) in [6.07, 6.45) is 4.87. The molecule has 1 fully saturated rings. The van der Waals surface area contributed by atoms with E-state index in [1.165, 1.54) is 6.20 Å². The van der Waals surface area contributed by atoms with Gasteiger partial charge in [0.2, 0.25) is 0 Å². The summed E-state index contributed by atoms with van der Waals surface area (Å²) < 4.78 is 6.76. The highest BCUT2D eigenvalue weighted by Gasteiger charge is 2.29. The molecular weight excluding hydrogens is 298 g/mol. The average Bonchev–Trinajstić information content (AvgIpc) is 2.97. The number of hydrogen-bond donors (Lipinski definition) is 0. The highest BCUT2D eigenvalue weighted by atomic mass is 16.7. The first-order valence-electron chi connectivity index (χ1n) is 8.00. The summed E-state index contributed by atoms with van der Waals surface area (Å²) in [5, 5.41) is 5.97. The van der Waals surface area contributed by atoms with Crippen LogP contribution in [0.2, 0.25) is 0 Å². The zero-order valence-corrected chi connectivity index (χ0v) is 14.2. The van der Waals surface area contributed by atoms with Gasteiger partial charge in [0.25, 0.3) is 0 Å². The Hall–Kier alpha value is -1.89. The number of carbonyl (C=O) groups excluding carboxylic acids is 2. The molecule has 0 spiro atoms. The Kier molecular flexibility index (Phi) is 5.41. The van der Waals surface area contributed by atoms with E-state index in [1.807, 2.05) is 20.8 Å². The highest BCUT2D eigenvalue weighted by molar-refractivity contribution is 5.88. The van der Waals surface area contributed by atoms with Gasteiger partial charge < -0.3 is 9.57 Å². The molecule has 7 heteroatoms. The van der Waals surface area contributed by atoms with Gasteiger partial charge in [-0.25, -0.2) is 9.59 Å². The molecule has 0 aromatic carbocycles. The Bertz CT molecular complexity index is 554. The van der Waals surface area contributed by atoms with E-state index in [2.05, 4.69) is 5.10 Å². The van der Waals surface area contributed by atoms with E-state index < -0.39 is 5.41 Å². The van der Waals surface area contributed by atoms with Crippen LogP contribution >= 0.6 is 0 Å². The van der Waals surface area contributed by atoms with E-state index in [0.29, 0.717) is 25.3 Å². The molecule has 0 radical (unpaired) electrons. The lowest BCUT2D eigenvalue weighted by molar-refractivity contribution is -0.205. The van der Waals surface area contributed by atoms with Crippen LogP contribution in [0.25, 0.3) is 0 Å². The molecule has 128 valence electrons. The summed E-state index contributed by atoms with van der Waals surface area (Å²) in [6.45, 7) is 8.94. The Morgan fingerprint density at radius 2 is 1.96 bits per heavy atom. The van der Waals surface area contributed by atoms with Crippen LogP contribution in [0.5, 0.6) is 0 Å². The summed E-state index contributed by atoms with van der Waals surface area (Å²) in [7, 11) is 0. The Morgan fingerprint density at radius 1 is 1.30 bits per heavy atom. The maximum atomic E-state index is 11.9. The zero-order chi connectivity index (χ0) is 17.0. The van der Waals surface area contributed by atoms with Crippen LogP contribution in [0.3, 0.4) is 0 Å². The fourth-order valence-corrected chi connectivity index (χ4v) is 2.31. The number of ether oxygens (including phenoxy) is 1. The molecule has 7 nitrogen and oxygen atoms in total. The van der Waals surface area contributed by atoms with E-state index in [4.69, 9.17) is 9.57 Å². The van der Waals surface area contributed by atoms with Crippen molar-refractivity contribution in [3.63, 3.8) is 0 Å². The molecule has 23 heavy (non-hydrogen) atoms. The standard InChI is InChI=1S/C16H25N3O4/c1-5-22-14(20)12-10-17-19(11-12)13-6-8-18(9-7-13)23-15(21)16(2,3)4/h10-11,13H,5-9H2,1-4H3. The lowest BCUT2D eigenvalue weighted by atomic mass is 9.98. The molecule has 0 N–H and O–H groups in total. The summed E-state index contributed by atoms with van der Waals surface area (Å²) in [4.78, 5) is 29.0. The second kappa shape index (κ2) is 7.12. The van der Waals surface area contributed by atoms with E-state index in [1.54, 1.807) is 22.9 Å². The van der Waals surface area contributed by atoms with Crippen LogP contribution in [0, 0.1) is 5.41 Å². The van der Waals surface area contributed by atoms with E-state index >= 15 is 0 Å². The van der Waals surface area contributed by atoms with E-state index in [0.717, 1.165) is 12.8 Å². The molecule has 1 aliphatic heterocycles. The number of hydroxylamine groups is 2. The van der Waals surface area contributed by atoms with E-state index in [-0.39, 0.29) is 18.0 Å². The normalized spacial score (nSPS) is 17.0. The van der Waals surface area contributed by atoms with Gasteiger partial charge in [0.05, 0.1) is 29.8 Å². The summed E-state index contributed by atoms with van der Waals surface area (Å²) >= 11 is 0. The van der Waals surface area contributed by atoms with Crippen LogP contribution in [0.1, 0.15) is 56.9 Å². The molecule has 0 aliphatic carbocycles. The van der Waals surface area contributed by atoms with Crippen LogP contribution in [0.15, 0.2) is 12.4 Å². The van der Waals surface area contributed by atoms with Crippen molar-refractivity contribution < 1.29 is 19.2 Å². The molecule has 0 atom stereocenters. The van der Waals surface area contributed by atoms with Gasteiger partial charge >= 0.3 is 11.9 Å². The second-order valence-electron chi connectivity index (χ2n) is 6.72. The largest absolute Gasteiger partial charge is 0.462 e. The molecule has 1 aliphatic rings. The minimum absolute atomic E-state index is 0.197. The minimum atomic E-state index is -0.507. The van der Waals surface area contributed by atoms with Crippen molar-refractivity contribution in [1.82, 2.24) is 14.8 Å². The first-order chi connectivity index (χ1) is 10.8. The Morgan fingerprint density at radius 3 is 2.52 bits per heavy atom. The fraction of sp³-hybridized carbons (Fsp3) is 0.688. The number of hydrogen-bond acceptors (Lipinski definition) is 6. The first-order valence-corrected chi connectivity index (χ1v) is 8.00. The third-order valence-electron chi connectivity index (χ3n) is 3.73. The van der Waals surface area contributed by atoms with Gasteiger partial charge in [0.1, 0.15) is 0 Å². The zero-order valence-electron chi connectivity index (χ0n) is 14.2. The number of aromatic nitrogens is 2. The average molecular weight is 323 g/mol. The van der Waals surface area contributed by atoms with Gasteiger partial charge in [0, 0.05) is 19.3 Å². The minimum Gasteiger partial charge on any atom is -0.462 e. The molecule has 0 unspecified atom stereocenters. The summed E-state index contributed by atoms with van der Waals surface area (Å²) in [5.74, 6) is -0.574. The first kappa shape index (κ1) is 17.5. The van der Waals surface area contributed by atoms with Crippen LogP contribution in [-0.4, -0.2) is 46.5 Å². The van der Waals surface area contributed by atoms with Crippen LogP contribution in [0.4, 0.5) is 0 Å². The lowest BCUT2D eigenvalue weighted by Crippen LogP contribution is -2.39. The molecule has 2 heterocycles. The monoisotopic (exact) mass is 323 g/mol. The third-order valence-corrected chi connectivity index (χ3v) is 3.73. The quantitative estimate of drug-likeness (QED) is 0.791. The molecule has 1 aromatic rings. The van der Waals surface area contributed by atoms with Gasteiger partial charge in [-0.15, -0.1) is 5.06 Å². The van der Waals surface area contributed by atoms with Crippen LogP contribution in [-0.2, 0) is 14.4 Å². The highest BCUT2D eigenvalue weighted by Crippen LogP contribution is 2.24. The molecule has 0 saturated carbocycles. The van der Waals surface area contributed by atoms with Gasteiger partial charge in [-0.2, -0.15) is 5.10 Å². The number of rotatable bonds is 4. The number of nitrogens with zero attached hydrogens (tertiary/aromatic N) is 3. The predicted octanol–water partition coefficient (Wildman–Crippen LogP) is 2.20. The topological polar surface area (TPSA) is 73.7 Å². The Labute approximate surface area is 136 Å². The molecule has 1 aromatic heterocycles. The smallest absolute Gasteiger partial charge is 0.341 e. The number of carbonyl (C=O) groups is 2. The number of piperidine rings is 1. The van der Waals surface area contributed by atoms with Crippen molar-refractivity contribution in [2.24, 2.45) is 5.41 Å². The third kappa shape index (κ3) is 4.54. The van der Waals surface area contributed by atoms with Gasteiger partial charge in [0.15, 0.2) is 0 Å².